The summed E-state index contributed by atoms with van der Waals surface area (Å²) in [7, 11) is 0. The quantitative estimate of drug-likeness (QED) is 0.916. The van der Waals surface area contributed by atoms with Crippen molar-refractivity contribution in [1.82, 2.24) is 15.3 Å². The highest BCUT2D eigenvalue weighted by atomic mass is 15.3. The van der Waals surface area contributed by atoms with Crippen LogP contribution in [-0.2, 0) is 6.54 Å². The summed E-state index contributed by atoms with van der Waals surface area (Å²) >= 11 is 0. The molecule has 20 heavy (non-hydrogen) atoms. The van der Waals surface area contributed by atoms with Crippen LogP contribution in [0.15, 0.2) is 6.20 Å². The molecule has 1 saturated carbocycles. The maximum atomic E-state index is 4.74. The number of anilines is 1. The SMILES string of the molecule is Cc1nc(N2CCCC(C)(C)C2)ncc1CNC1CC1. The lowest BCUT2D eigenvalue weighted by atomic mass is 9.84. The van der Waals surface area contributed by atoms with E-state index in [1.54, 1.807) is 0 Å². The van der Waals surface area contributed by atoms with Crippen LogP contribution in [0.5, 0.6) is 0 Å². The first-order chi connectivity index (χ1) is 9.53. The Hall–Kier alpha value is -1.16. The Morgan fingerprint density at radius 1 is 1.40 bits per heavy atom. The molecule has 0 bridgehead atoms. The van der Waals surface area contributed by atoms with E-state index in [2.05, 4.69) is 36.0 Å². The zero-order chi connectivity index (χ0) is 14.2. The molecule has 0 atom stereocenters. The highest BCUT2D eigenvalue weighted by Crippen LogP contribution is 2.30. The van der Waals surface area contributed by atoms with Gasteiger partial charge in [-0.2, -0.15) is 0 Å². The van der Waals surface area contributed by atoms with Gasteiger partial charge in [-0.3, -0.25) is 0 Å². The van der Waals surface area contributed by atoms with Gasteiger partial charge in [0.15, 0.2) is 0 Å². The van der Waals surface area contributed by atoms with E-state index < -0.39 is 0 Å². The Bertz CT molecular complexity index is 479. The van der Waals surface area contributed by atoms with Crippen LogP contribution < -0.4 is 10.2 Å². The van der Waals surface area contributed by atoms with Crippen LogP contribution in [0.4, 0.5) is 5.95 Å². The number of piperidine rings is 1. The number of rotatable bonds is 4. The molecule has 1 saturated heterocycles. The third-order valence-electron chi connectivity index (χ3n) is 4.41. The molecule has 0 unspecified atom stereocenters. The fourth-order valence-electron chi connectivity index (χ4n) is 2.94. The second-order valence-electron chi connectivity index (χ2n) is 7.13. The molecule has 0 aromatic carbocycles. The first-order valence-corrected chi connectivity index (χ1v) is 7.84. The van der Waals surface area contributed by atoms with Gasteiger partial charge in [0.2, 0.25) is 5.95 Å². The predicted octanol–water partition coefficient (Wildman–Crippen LogP) is 2.66. The molecule has 2 fully saturated rings. The van der Waals surface area contributed by atoms with Crippen LogP contribution in [0.1, 0.15) is 50.8 Å². The summed E-state index contributed by atoms with van der Waals surface area (Å²) in [6.07, 6.45) is 7.18. The zero-order valence-corrected chi connectivity index (χ0v) is 12.9. The van der Waals surface area contributed by atoms with Gasteiger partial charge in [0, 0.05) is 43.1 Å². The van der Waals surface area contributed by atoms with Gasteiger partial charge in [-0.05, 0) is 38.0 Å². The van der Waals surface area contributed by atoms with Gasteiger partial charge in [0.05, 0.1) is 0 Å². The maximum Gasteiger partial charge on any atom is 0.225 e. The van der Waals surface area contributed by atoms with Crippen LogP contribution in [-0.4, -0.2) is 29.1 Å². The van der Waals surface area contributed by atoms with Crippen molar-refractivity contribution in [3.05, 3.63) is 17.5 Å². The molecule has 1 aliphatic carbocycles. The molecule has 1 aliphatic heterocycles. The van der Waals surface area contributed by atoms with Crippen LogP contribution in [0.2, 0.25) is 0 Å². The van der Waals surface area contributed by atoms with Crippen molar-refractivity contribution in [2.45, 2.75) is 59.0 Å². The minimum atomic E-state index is 0.377. The highest BCUT2D eigenvalue weighted by molar-refractivity contribution is 5.34. The number of hydrogen-bond donors (Lipinski definition) is 1. The van der Waals surface area contributed by atoms with Crippen molar-refractivity contribution in [2.75, 3.05) is 18.0 Å². The Morgan fingerprint density at radius 3 is 2.85 bits per heavy atom. The molecule has 2 aliphatic rings. The molecule has 1 N–H and O–H groups in total. The summed E-state index contributed by atoms with van der Waals surface area (Å²) < 4.78 is 0. The fourth-order valence-corrected chi connectivity index (χ4v) is 2.94. The normalized spacial score (nSPS) is 22.1. The van der Waals surface area contributed by atoms with Gasteiger partial charge in [-0.1, -0.05) is 13.8 Å². The van der Waals surface area contributed by atoms with Crippen molar-refractivity contribution in [2.24, 2.45) is 5.41 Å². The van der Waals surface area contributed by atoms with E-state index in [1.807, 2.05) is 6.20 Å². The number of aryl methyl sites for hydroxylation is 1. The van der Waals surface area contributed by atoms with Gasteiger partial charge >= 0.3 is 0 Å². The first-order valence-electron chi connectivity index (χ1n) is 7.84. The molecule has 4 nitrogen and oxygen atoms in total. The Kier molecular flexibility index (Phi) is 3.67. The Morgan fingerprint density at radius 2 is 2.20 bits per heavy atom. The third kappa shape index (κ3) is 3.29. The predicted molar refractivity (Wildman–Crippen MR) is 81.9 cm³/mol. The fraction of sp³-hybridized carbons (Fsp3) is 0.750. The minimum absolute atomic E-state index is 0.377. The van der Waals surface area contributed by atoms with Crippen LogP contribution in [0.25, 0.3) is 0 Å². The van der Waals surface area contributed by atoms with E-state index in [0.717, 1.165) is 37.3 Å². The van der Waals surface area contributed by atoms with Crippen molar-refractivity contribution < 1.29 is 0 Å². The van der Waals surface area contributed by atoms with Gasteiger partial charge in [-0.15, -0.1) is 0 Å². The van der Waals surface area contributed by atoms with Crippen LogP contribution >= 0.6 is 0 Å². The lowest BCUT2D eigenvalue weighted by molar-refractivity contribution is 0.291. The summed E-state index contributed by atoms with van der Waals surface area (Å²) in [6, 6.07) is 0.733. The zero-order valence-electron chi connectivity index (χ0n) is 12.9. The standard InChI is InChI=1S/C16H26N4/c1-12-13(9-17-14-5-6-14)10-18-15(19-12)20-8-4-7-16(2,3)11-20/h10,14,17H,4-9,11H2,1-3H3. The number of aromatic nitrogens is 2. The van der Waals surface area contributed by atoms with E-state index in [0.29, 0.717) is 5.41 Å². The average Bonchev–Trinajstić information content (AvgIpc) is 3.20. The van der Waals surface area contributed by atoms with Crippen molar-refractivity contribution >= 4 is 5.95 Å². The van der Waals surface area contributed by atoms with Gasteiger partial charge in [0.1, 0.15) is 0 Å². The summed E-state index contributed by atoms with van der Waals surface area (Å²) in [5.74, 6) is 0.908. The van der Waals surface area contributed by atoms with Gasteiger partial charge in [0.25, 0.3) is 0 Å². The molecule has 0 spiro atoms. The number of nitrogens with one attached hydrogen (secondary N) is 1. The van der Waals surface area contributed by atoms with Gasteiger partial charge < -0.3 is 10.2 Å². The summed E-state index contributed by atoms with van der Waals surface area (Å²) in [5, 5.41) is 3.53. The molecule has 0 radical (unpaired) electrons. The number of nitrogens with zero attached hydrogens (tertiary/aromatic N) is 3. The second kappa shape index (κ2) is 5.32. The van der Waals surface area contributed by atoms with E-state index in [1.165, 1.54) is 31.2 Å². The molecular weight excluding hydrogens is 248 g/mol. The van der Waals surface area contributed by atoms with E-state index in [9.17, 15) is 0 Å². The molecule has 2 heterocycles. The first kappa shape index (κ1) is 13.8. The van der Waals surface area contributed by atoms with Crippen molar-refractivity contribution in [3.8, 4) is 0 Å². The summed E-state index contributed by atoms with van der Waals surface area (Å²) in [5.41, 5.74) is 2.73. The molecule has 0 amide bonds. The molecule has 1 aromatic heterocycles. The monoisotopic (exact) mass is 274 g/mol. The third-order valence-corrected chi connectivity index (χ3v) is 4.41. The Balaban J connectivity index is 1.68. The second-order valence-corrected chi connectivity index (χ2v) is 7.13. The molecule has 4 heteroatoms. The van der Waals surface area contributed by atoms with Crippen molar-refractivity contribution in [3.63, 3.8) is 0 Å². The van der Waals surface area contributed by atoms with E-state index in [-0.39, 0.29) is 0 Å². The van der Waals surface area contributed by atoms with E-state index in [4.69, 9.17) is 4.98 Å². The lowest BCUT2D eigenvalue weighted by Crippen LogP contribution is -2.41. The molecule has 1 aromatic rings. The van der Waals surface area contributed by atoms with Crippen LogP contribution in [0.3, 0.4) is 0 Å². The molecular formula is C16H26N4. The van der Waals surface area contributed by atoms with Crippen molar-refractivity contribution in [1.29, 1.82) is 0 Å². The largest absolute Gasteiger partial charge is 0.340 e. The Labute approximate surface area is 122 Å². The average molecular weight is 274 g/mol. The minimum Gasteiger partial charge on any atom is -0.340 e. The number of hydrogen-bond acceptors (Lipinski definition) is 4. The highest BCUT2D eigenvalue weighted by Gasteiger charge is 2.28. The molecule has 110 valence electrons. The summed E-state index contributed by atoms with van der Waals surface area (Å²) in [4.78, 5) is 11.7. The smallest absolute Gasteiger partial charge is 0.225 e. The van der Waals surface area contributed by atoms with Gasteiger partial charge in [-0.25, -0.2) is 9.97 Å². The lowest BCUT2D eigenvalue weighted by Gasteiger charge is -2.38. The summed E-state index contributed by atoms with van der Waals surface area (Å²) in [6.45, 7) is 9.82. The van der Waals surface area contributed by atoms with Crippen LogP contribution in [0, 0.1) is 12.3 Å². The molecule has 3 rings (SSSR count). The maximum absolute atomic E-state index is 4.74. The topological polar surface area (TPSA) is 41.1 Å². The van der Waals surface area contributed by atoms with E-state index >= 15 is 0 Å².